The van der Waals surface area contributed by atoms with Crippen molar-refractivity contribution in [3.05, 3.63) is 34.6 Å². The van der Waals surface area contributed by atoms with Crippen molar-refractivity contribution >= 4 is 23.3 Å². The molecule has 0 saturated carbocycles. The fourth-order valence-corrected chi connectivity index (χ4v) is 2.37. The predicted molar refractivity (Wildman–Crippen MR) is 77.2 cm³/mol. The van der Waals surface area contributed by atoms with Crippen LogP contribution in [0.25, 0.3) is 0 Å². The monoisotopic (exact) mass is 314 g/mol. The van der Waals surface area contributed by atoms with Crippen LogP contribution in [0.5, 0.6) is 0 Å². The van der Waals surface area contributed by atoms with Crippen LogP contribution in [0.4, 0.5) is 4.39 Å². The van der Waals surface area contributed by atoms with Gasteiger partial charge in [-0.15, -0.1) is 0 Å². The Kier molecular flexibility index (Phi) is 4.98. The van der Waals surface area contributed by atoms with Crippen LogP contribution < -0.4 is 5.73 Å². The minimum absolute atomic E-state index is 0.0209. The summed E-state index contributed by atoms with van der Waals surface area (Å²) in [7, 11) is 0. The van der Waals surface area contributed by atoms with E-state index in [1.165, 1.54) is 18.2 Å². The summed E-state index contributed by atoms with van der Waals surface area (Å²) >= 11 is 5.80. The first-order valence-electron chi connectivity index (χ1n) is 6.44. The highest BCUT2D eigenvalue weighted by Crippen LogP contribution is 2.17. The molecule has 6 nitrogen and oxygen atoms in total. The number of piperazine rings is 1. The first-order chi connectivity index (χ1) is 10.0. The molecule has 114 valence electrons. The molecule has 1 amide bonds. The number of hydrogen-bond acceptors (Lipinski definition) is 4. The molecule has 1 saturated heterocycles. The topological polar surface area (TPSA) is 82.2 Å². The number of nitrogens with zero attached hydrogens (tertiary/aromatic N) is 3. The molecule has 0 unspecified atom stereocenters. The third-order valence-corrected chi connectivity index (χ3v) is 3.57. The van der Waals surface area contributed by atoms with E-state index in [9.17, 15) is 9.18 Å². The summed E-state index contributed by atoms with van der Waals surface area (Å²) in [4.78, 5) is 15.8. The second-order valence-corrected chi connectivity index (χ2v) is 5.22. The van der Waals surface area contributed by atoms with Gasteiger partial charge < -0.3 is 15.8 Å². The van der Waals surface area contributed by atoms with E-state index in [4.69, 9.17) is 22.5 Å². The Morgan fingerprint density at radius 3 is 2.67 bits per heavy atom. The van der Waals surface area contributed by atoms with E-state index < -0.39 is 5.82 Å². The lowest BCUT2D eigenvalue weighted by Gasteiger charge is -2.34. The quantitative estimate of drug-likeness (QED) is 0.377. The molecular weight excluding hydrogens is 299 g/mol. The lowest BCUT2D eigenvalue weighted by molar-refractivity contribution is 0.0648. The summed E-state index contributed by atoms with van der Waals surface area (Å²) < 4.78 is 13.7. The lowest BCUT2D eigenvalue weighted by atomic mass is 10.1. The SMILES string of the molecule is NC(CN1CCN(C(=O)c2cc(Cl)ccc2F)CC1)=NO. The zero-order chi connectivity index (χ0) is 15.4. The second-order valence-electron chi connectivity index (χ2n) is 4.78. The third kappa shape index (κ3) is 3.83. The molecule has 21 heavy (non-hydrogen) atoms. The summed E-state index contributed by atoms with van der Waals surface area (Å²) in [5.41, 5.74) is 5.42. The molecule has 0 atom stereocenters. The molecule has 8 heteroatoms. The highest BCUT2D eigenvalue weighted by molar-refractivity contribution is 6.31. The fraction of sp³-hybridized carbons (Fsp3) is 0.385. The van der Waals surface area contributed by atoms with Gasteiger partial charge in [-0.3, -0.25) is 9.69 Å². The normalized spacial score (nSPS) is 17.0. The highest BCUT2D eigenvalue weighted by Gasteiger charge is 2.24. The molecule has 0 spiro atoms. The highest BCUT2D eigenvalue weighted by atomic mass is 35.5. The zero-order valence-corrected chi connectivity index (χ0v) is 12.1. The lowest BCUT2D eigenvalue weighted by Crippen LogP contribution is -2.50. The molecule has 0 aliphatic carbocycles. The van der Waals surface area contributed by atoms with Gasteiger partial charge in [0, 0.05) is 31.2 Å². The molecule has 1 aromatic rings. The van der Waals surface area contributed by atoms with Crippen LogP contribution in [-0.2, 0) is 0 Å². The van der Waals surface area contributed by atoms with Gasteiger partial charge in [0.15, 0.2) is 5.84 Å². The Morgan fingerprint density at radius 1 is 1.38 bits per heavy atom. The summed E-state index contributed by atoms with van der Waals surface area (Å²) in [6.07, 6.45) is 0. The number of carbonyl (C=O) groups excluding carboxylic acids is 1. The number of hydrogen-bond donors (Lipinski definition) is 2. The molecule has 1 aromatic carbocycles. The van der Waals surface area contributed by atoms with Gasteiger partial charge in [-0.2, -0.15) is 0 Å². The van der Waals surface area contributed by atoms with Crippen LogP contribution in [0.15, 0.2) is 23.4 Å². The van der Waals surface area contributed by atoms with Gasteiger partial charge in [0.2, 0.25) is 0 Å². The van der Waals surface area contributed by atoms with Gasteiger partial charge in [-0.25, -0.2) is 4.39 Å². The molecule has 0 bridgehead atoms. The maximum atomic E-state index is 13.7. The second kappa shape index (κ2) is 6.73. The van der Waals surface area contributed by atoms with Gasteiger partial charge in [-0.1, -0.05) is 16.8 Å². The van der Waals surface area contributed by atoms with Crippen LogP contribution in [0.2, 0.25) is 5.02 Å². The Bertz CT molecular complexity index is 559. The van der Waals surface area contributed by atoms with E-state index in [-0.39, 0.29) is 17.3 Å². The average Bonchev–Trinajstić information content (AvgIpc) is 2.49. The number of carbonyl (C=O) groups is 1. The standard InChI is InChI=1S/C13H16ClFN4O2/c14-9-1-2-11(15)10(7-9)13(20)19-5-3-18(4-6-19)8-12(16)17-21/h1-2,7,21H,3-6,8H2,(H2,16,17). The summed E-state index contributed by atoms with van der Waals surface area (Å²) in [6, 6.07) is 3.93. The van der Waals surface area contributed by atoms with Crippen molar-refractivity contribution < 1.29 is 14.4 Å². The summed E-state index contributed by atoms with van der Waals surface area (Å²) in [6.45, 7) is 2.38. The van der Waals surface area contributed by atoms with E-state index in [2.05, 4.69) is 5.16 Å². The number of rotatable bonds is 3. The van der Waals surface area contributed by atoms with Crippen LogP contribution >= 0.6 is 11.6 Å². The smallest absolute Gasteiger partial charge is 0.256 e. The minimum atomic E-state index is -0.580. The van der Waals surface area contributed by atoms with Crippen LogP contribution in [0, 0.1) is 5.82 Å². The Hall–Kier alpha value is -1.86. The number of halogens is 2. The molecule has 1 heterocycles. The molecule has 0 aromatic heterocycles. The van der Waals surface area contributed by atoms with Crippen LogP contribution in [-0.4, -0.2) is 59.5 Å². The Morgan fingerprint density at radius 2 is 2.05 bits per heavy atom. The minimum Gasteiger partial charge on any atom is -0.409 e. The first-order valence-corrected chi connectivity index (χ1v) is 6.82. The Balaban J connectivity index is 1.99. The van der Waals surface area contributed by atoms with E-state index >= 15 is 0 Å². The number of oxime groups is 1. The van der Waals surface area contributed by atoms with Crippen molar-refractivity contribution in [1.82, 2.24) is 9.80 Å². The average molecular weight is 315 g/mol. The van der Waals surface area contributed by atoms with Crippen molar-refractivity contribution in [2.24, 2.45) is 10.9 Å². The fourth-order valence-electron chi connectivity index (χ4n) is 2.20. The predicted octanol–water partition coefficient (Wildman–Crippen LogP) is 0.983. The molecular formula is C13H16ClFN4O2. The number of benzene rings is 1. The third-order valence-electron chi connectivity index (χ3n) is 3.33. The largest absolute Gasteiger partial charge is 0.409 e. The molecule has 3 N–H and O–H groups in total. The summed E-state index contributed by atoms with van der Waals surface area (Å²) in [5.74, 6) is -0.836. The van der Waals surface area contributed by atoms with Crippen molar-refractivity contribution in [1.29, 1.82) is 0 Å². The summed E-state index contributed by atoms with van der Waals surface area (Å²) in [5, 5.41) is 11.8. The van der Waals surface area contributed by atoms with Gasteiger partial charge >= 0.3 is 0 Å². The molecule has 1 aliphatic heterocycles. The Labute approximate surface area is 126 Å². The first kappa shape index (κ1) is 15.5. The maximum absolute atomic E-state index is 13.7. The molecule has 2 rings (SSSR count). The van der Waals surface area contributed by atoms with Crippen molar-refractivity contribution in [2.75, 3.05) is 32.7 Å². The van der Waals surface area contributed by atoms with Gasteiger partial charge in [-0.05, 0) is 18.2 Å². The number of amidine groups is 1. The maximum Gasteiger partial charge on any atom is 0.256 e. The number of nitrogens with two attached hydrogens (primary N) is 1. The van der Waals surface area contributed by atoms with Crippen molar-refractivity contribution in [2.45, 2.75) is 0 Å². The zero-order valence-electron chi connectivity index (χ0n) is 11.3. The van der Waals surface area contributed by atoms with Crippen molar-refractivity contribution in [3.63, 3.8) is 0 Å². The van der Waals surface area contributed by atoms with E-state index in [0.29, 0.717) is 37.7 Å². The van der Waals surface area contributed by atoms with Crippen LogP contribution in [0.3, 0.4) is 0 Å². The van der Waals surface area contributed by atoms with E-state index in [1.54, 1.807) is 4.90 Å². The van der Waals surface area contributed by atoms with Gasteiger partial charge in [0.05, 0.1) is 12.1 Å². The van der Waals surface area contributed by atoms with Crippen molar-refractivity contribution in [3.8, 4) is 0 Å². The van der Waals surface area contributed by atoms with E-state index in [0.717, 1.165) is 0 Å². The van der Waals surface area contributed by atoms with Crippen LogP contribution in [0.1, 0.15) is 10.4 Å². The van der Waals surface area contributed by atoms with E-state index in [1.807, 2.05) is 4.90 Å². The molecule has 1 fully saturated rings. The number of amides is 1. The van der Waals surface area contributed by atoms with Gasteiger partial charge in [0.25, 0.3) is 5.91 Å². The molecule has 0 radical (unpaired) electrons. The molecule has 1 aliphatic rings. The van der Waals surface area contributed by atoms with Gasteiger partial charge in [0.1, 0.15) is 5.82 Å².